The minimum atomic E-state index is -4.12. The molecule has 7 nitrogen and oxygen atoms in total. The Kier molecular flexibility index (Phi) is 9.55. The number of furan rings is 1. The molecule has 0 aliphatic carbocycles. The Morgan fingerprint density at radius 3 is 2.47 bits per heavy atom. The molecule has 0 fully saturated rings. The van der Waals surface area contributed by atoms with E-state index in [4.69, 9.17) is 32.4 Å². The van der Waals surface area contributed by atoms with Gasteiger partial charge in [-0.05, 0) is 42.3 Å². The number of sulfonamides is 1. The van der Waals surface area contributed by atoms with Crippen LogP contribution < -0.4 is 0 Å². The van der Waals surface area contributed by atoms with Gasteiger partial charge in [-0.25, -0.2) is 8.42 Å². The Morgan fingerprint density at radius 2 is 1.79 bits per heavy atom. The van der Waals surface area contributed by atoms with Crippen molar-refractivity contribution in [1.82, 2.24) is 9.21 Å². The molecular weight excluding hydrogens is 499 g/mol. The number of rotatable bonds is 12. The molecule has 0 saturated heterocycles. The van der Waals surface area contributed by atoms with E-state index in [1.807, 2.05) is 30.3 Å². The Hall–Kier alpha value is -2.36. The molecule has 34 heavy (non-hydrogen) atoms. The van der Waals surface area contributed by atoms with Gasteiger partial charge in [0.05, 0.1) is 31.0 Å². The lowest BCUT2D eigenvalue weighted by atomic mass is 10.1. The molecule has 1 amide bonds. The van der Waals surface area contributed by atoms with Crippen LogP contribution in [0, 0.1) is 0 Å². The molecule has 0 atom stereocenters. The van der Waals surface area contributed by atoms with Crippen LogP contribution in [0.1, 0.15) is 11.3 Å². The zero-order valence-corrected chi connectivity index (χ0v) is 21.0. The van der Waals surface area contributed by atoms with Gasteiger partial charge in [0, 0.05) is 25.2 Å². The number of carbonyl (C=O) groups is 1. The number of hydrogen-bond donors (Lipinski definition) is 0. The quantitative estimate of drug-likeness (QED) is 0.348. The van der Waals surface area contributed by atoms with Crippen LogP contribution in [-0.2, 0) is 32.5 Å². The van der Waals surface area contributed by atoms with Crippen LogP contribution >= 0.6 is 23.2 Å². The third-order valence-electron chi connectivity index (χ3n) is 5.16. The molecule has 0 aliphatic heterocycles. The van der Waals surface area contributed by atoms with Crippen molar-refractivity contribution in [3.05, 3.63) is 88.3 Å². The lowest BCUT2D eigenvalue weighted by molar-refractivity contribution is -0.132. The molecule has 1 heterocycles. The molecule has 2 aromatic carbocycles. The van der Waals surface area contributed by atoms with Crippen LogP contribution in [0.2, 0.25) is 10.0 Å². The van der Waals surface area contributed by atoms with E-state index in [0.717, 1.165) is 9.87 Å². The van der Waals surface area contributed by atoms with Crippen molar-refractivity contribution in [2.45, 2.75) is 17.9 Å². The SMILES string of the molecule is COCCN(CC(=O)N(CCc1ccccc1)Cc1ccco1)S(=O)(=O)c1cc(Cl)ccc1Cl. The summed E-state index contributed by atoms with van der Waals surface area (Å²) in [5, 5.41) is 0.249. The predicted octanol–water partition coefficient (Wildman–Crippen LogP) is 4.50. The number of halogens is 2. The number of benzene rings is 2. The van der Waals surface area contributed by atoms with E-state index < -0.39 is 10.0 Å². The number of ether oxygens (including phenoxy) is 1. The molecule has 10 heteroatoms. The number of carbonyl (C=O) groups excluding carboxylic acids is 1. The molecule has 3 aromatic rings. The maximum absolute atomic E-state index is 13.4. The van der Waals surface area contributed by atoms with E-state index in [2.05, 4.69) is 0 Å². The molecule has 1 aromatic heterocycles. The van der Waals surface area contributed by atoms with E-state index in [1.54, 1.807) is 17.0 Å². The minimum Gasteiger partial charge on any atom is -0.467 e. The van der Waals surface area contributed by atoms with Gasteiger partial charge in [0.15, 0.2) is 0 Å². The van der Waals surface area contributed by atoms with Crippen molar-refractivity contribution in [3.63, 3.8) is 0 Å². The second kappa shape index (κ2) is 12.4. The maximum Gasteiger partial charge on any atom is 0.245 e. The van der Waals surface area contributed by atoms with Crippen molar-refractivity contribution in [1.29, 1.82) is 0 Å². The third-order valence-corrected chi connectivity index (χ3v) is 7.72. The summed E-state index contributed by atoms with van der Waals surface area (Å²) >= 11 is 12.2. The normalized spacial score (nSPS) is 11.6. The number of nitrogens with zero attached hydrogens (tertiary/aromatic N) is 2. The summed E-state index contributed by atoms with van der Waals surface area (Å²) in [6, 6.07) is 17.5. The average molecular weight is 525 g/mol. The molecule has 0 N–H and O–H groups in total. The van der Waals surface area contributed by atoms with Gasteiger partial charge >= 0.3 is 0 Å². The molecule has 0 saturated carbocycles. The minimum absolute atomic E-state index is 0.0239. The first-order chi connectivity index (χ1) is 16.3. The first-order valence-electron chi connectivity index (χ1n) is 10.6. The second-order valence-corrected chi connectivity index (χ2v) is 10.3. The summed E-state index contributed by atoms with van der Waals surface area (Å²) in [7, 11) is -2.66. The summed E-state index contributed by atoms with van der Waals surface area (Å²) in [6.45, 7) is 0.298. The Balaban J connectivity index is 1.84. The highest BCUT2D eigenvalue weighted by molar-refractivity contribution is 7.89. The summed E-state index contributed by atoms with van der Waals surface area (Å²) in [5.74, 6) is 0.232. The fraction of sp³-hybridized carbons (Fsp3) is 0.292. The smallest absolute Gasteiger partial charge is 0.245 e. The van der Waals surface area contributed by atoms with Gasteiger partial charge in [-0.1, -0.05) is 53.5 Å². The average Bonchev–Trinajstić information content (AvgIpc) is 3.34. The van der Waals surface area contributed by atoms with Crippen molar-refractivity contribution < 1.29 is 22.4 Å². The molecule has 0 radical (unpaired) electrons. The predicted molar refractivity (Wildman–Crippen MR) is 131 cm³/mol. The topological polar surface area (TPSA) is 80.1 Å². The highest BCUT2D eigenvalue weighted by Crippen LogP contribution is 2.28. The molecular formula is C24H26Cl2N2O5S. The summed E-state index contributed by atoms with van der Waals surface area (Å²) < 4.78 is 38.4. The third kappa shape index (κ3) is 7.07. The first-order valence-corrected chi connectivity index (χ1v) is 12.8. The largest absolute Gasteiger partial charge is 0.467 e. The van der Waals surface area contributed by atoms with Crippen LogP contribution in [-0.4, -0.2) is 56.9 Å². The van der Waals surface area contributed by atoms with Crippen LogP contribution in [0.3, 0.4) is 0 Å². The van der Waals surface area contributed by atoms with Gasteiger partial charge in [-0.2, -0.15) is 4.31 Å². The summed E-state index contributed by atoms with van der Waals surface area (Å²) in [4.78, 5) is 14.8. The van der Waals surface area contributed by atoms with Crippen molar-refractivity contribution in [3.8, 4) is 0 Å². The van der Waals surface area contributed by atoms with Crippen LogP contribution in [0.5, 0.6) is 0 Å². The highest BCUT2D eigenvalue weighted by atomic mass is 35.5. The fourth-order valence-electron chi connectivity index (χ4n) is 3.33. The molecule has 0 bridgehead atoms. The highest BCUT2D eigenvalue weighted by Gasteiger charge is 2.30. The van der Waals surface area contributed by atoms with E-state index in [1.165, 1.54) is 31.6 Å². The molecule has 0 unspecified atom stereocenters. The zero-order valence-electron chi connectivity index (χ0n) is 18.7. The van der Waals surface area contributed by atoms with E-state index in [9.17, 15) is 13.2 Å². The van der Waals surface area contributed by atoms with Gasteiger partial charge < -0.3 is 14.1 Å². The number of amides is 1. The standard InChI is InChI=1S/C24H26Cl2N2O5S/c1-32-15-13-28(34(30,31)23-16-20(25)9-10-22(23)26)18-24(29)27(17-21-8-5-14-33-21)12-11-19-6-3-2-4-7-19/h2-10,14,16H,11-13,15,17-18H2,1H3. The lowest BCUT2D eigenvalue weighted by Crippen LogP contribution is -2.44. The van der Waals surface area contributed by atoms with E-state index in [-0.39, 0.29) is 47.1 Å². The number of methoxy groups -OCH3 is 1. The first kappa shape index (κ1) is 26.2. The van der Waals surface area contributed by atoms with Crippen molar-refractivity contribution in [2.75, 3.05) is 33.4 Å². The van der Waals surface area contributed by atoms with Gasteiger partial charge in [-0.3, -0.25) is 4.79 Å². The second-order valence-electron chi connectivity index (χ2n) is 7.54. The van der Waals surface area contributed by atoms with E-state index >= 15 is 0 Å². The van der Waals surface area contributed by atoms with Crippen LogP contribution in [0.4, 0.5) is 0 Å². The van der Waals surface area contributed by atoms with Crippen molar-refractivity contribution in [2.24, 2.45) is 0 Å². The summed E-state index contributed by atoms with van der Waals surface area (Å²) in [6.07, 6.45) is 2.14. The van der Waals surface area contributed by atoms with Crippen molar-refractivity contribution >= 4 is 39.1 Å². The molecule has 0 spiro atoms. The monoisotopic (exact) mass is 524 g/mol. The maximum atomic E-state index is 13.4. The van der Waals surface area contributed by atoms with Crippen LogP contribution in [0.25, 0.3) is 0 Å². The fourth-order valence-corrected chi connectivity index (χ4v) is 5.44. The Morgan fingerprint density at radius 1 is 1.03 bits per heavy atom. The summed E-state index contributed by atoms with van der Waals surface area (Å²) in [5.41, 5.74) is 1.06. The molecule has 3 rings (SSSR count). The van der Waals surface area contributed by atoms with E-state index in [0.29, 0.717) is 18.7 Å². The number of hydrogen-bond acceptors (Lipinski definition) is 5. The van der Waals surface area contributed by atoms with Gasteiger partial charge in [-0.15, -0.1) is 0 Å². The van der Waals surface area contributed by atoms with Gasteiger partial charge in [0.1, 0.15) is 10.7 Å². The Bertz CT molecular complexity index is 1170. The Labute approximate surface area is 209 Å². The van der Waals surface area contributed by atoms with Crippen LogP contribution in [0.15, 0.2) is 76.2 Å². The zero-order chi connectivity index (χ0) is 24.6. The lowest BCUT2D eigenvalue weighted by Gasteiger charge is -2.27. The molecule has 182 valence electrons. The van der Waals surface area contributed by atoms with Gasteiger partial charge in [0.2, 0.25) is 15.9 Å². The van der Waals surface area contributed by atoms with Gasteiger partial charge in [0.25, 0.3) is 0 Å². The molecule has 0 aliphatic rings.